The Kier molecular flexibility index (Phi) is 5.89. The van der Waals surface area contributed by atoms with Crippen LogP contribution in [0.2, 0.25) is 0 Å². The molecular formula is C23H27N3O3S2. The Balaban J connectivity index is 1.61. The van der Waals surface area contributed by atoms with E-state index in [4.69, 9.17) is 0 Å². The lowest BCUT2D eigenvalue weighted by Crippen LogP contribution is -2.42. The number of benzene rings is 2. The highest BCUT2D eigenvalue weighted by atomic mass is 32.2. The Morgan fingerprint density at radius 3 is 2.52 bits per heavy atom. The van der Waals surface area contributed by atoms with Crippen LogP contribution in [0.3, 0.4) is 0 Å². The third kappa shape index (κ3) is 4.24. The van der Waals surface area contributed by atoms with Gasteiger partial charge in [0.05, 0.1) is 21.0 Å². The molecule has 2 aromatic carbocycles. The van der Waals surface area contributed by atoms with Crippen molar-refractivity contribution in [3.63, 3.8) is 0 Å². The molecule has 3 aromatic rings. The van der Waals surface area contributed by atoms with Crippen molar-refractivity contribution in [3.05, 3.63) is 57.9 Å². The van der Waals surface area contributed by atoms with Crippen LogP contribution < -0.4 is 4.80 Å². The van der Waals surface area contributed by atoms with Crippen LogP contribution >= 0.6 is 11.3 Å². The Morgan fingerprint density at radius 1 is 1.10 bits per heavy atom. The van der Waals surface area contributed by atoms with E-state index in [1.807, 2.05) is 18.5 Å². The largest absolute Gasteiger partial charge is 0.319 e. The van der Waals surface area contributed by atoms with Crippen LogP contribution in [0.15, 0.2) is 46.3 Å². The van der Waals surface area contributed by atoms with Crippen LogP contribution in [0.4, 0.5) is 0 Å². The average Bonchev–Trinajstić information content (AvgIpc) is 3.03. The number of carbonyl (C=O) groups excluding carboxylic acids is 1. The van der Waals surface area contributed by atoms with Gasteiger partial charge >= 0.3 is 0 Å². The van der Waals surface area contributed by atoms with E-state index in [1.165, 1.54) is 21.2 Å². The Morgan fingerprint density at radius 2 is 1.81 bits per heavy atom. The lowest BCUT2D eigenvalue weighted by Gasteiger charge is -2.30. The van der Waals surface area contributed by atoms with Crippen LogP contribution in [0.25, 0.3) is 10.2 Å². The van der Waals surface area contributed by atoms with E-state index in [0.717, 1.165) is 21.3 Å². The normalized spacial score (nSPS) is 18.6. The number of piperidine rings is 1. The fraction of sp³-hybridized carbons (Fsp3) is 0.391. The molecule has 0 bridgehead atoms. The number of aryl methyl sites for hydroxylation is 4. The first-order valence-corrected chi connectivity index (χ1v) is 12.6. The molecule has 0 radical (unpaired) electrons. The number of fused-ring (bicyclic) bond motifs is 1. The zero-order chi connectivity index (χ0) is 22.3. The van der Waals surface area contributed by atoms with Crippen molar-refractivity contribution < 1.29 is 13.2 Å². The van der Waals surface area contributed by atoms with Gasteiger partial charge in [0.1, 0.15) is 0 Å². The molecule has 1 atom stereocenters. The molecule has 4 rings (SSSR count). The van der Waals surface area contributed by atoms with Crippen molar-refractivity contribution in [2.45, 2.75) is 38.5 Å². The average molecular weight is 458 g/mol. The summed E-state index contributed by atoms with van der Waals surface area (Å²) in [6.45, 7) is 6.63. The minimum Gasteiger partial charge on any atom is -0.319 e. The molecule has 8 heteroatoms. The fourth-order valence-electron chi connectivity index (χ4n) is 4.20. The lowest BCUT2D eigenvalue weighted by molar-refractivity contribution is -0.122. The molecule has 6 nitrogen and oxygen atoms in total. The summed E-state index contributed by atoms with van der Waals surface area (Å²) >= 11 is 1.49. The molecule has 1 fully saturated rings. The molecule has 1 unspecified atom stereocenters. The highest BCUT2D eigenvalue weighted by Gasteiger charge is 2.33. The first-order valence-electron chi connectivity index (χ1n) is 10.4. The smallest absolute Gasteiger partial charge is 0.252 e. The minimum atomic E-state index is -3.62. The third-order valence-corrected chi connectivity index (χ3v) is 8.79. The van der Waals surface area contributed by atoms with Crippen molar-refractivity contribution in [1.29, 1.82) is 0 Å². The molecule has 31 heavy (non-hydrogen) atoms. The van der Waals surface area contributed by atoms with Crippen LogP contribution in [-0.2, 0) is 21.9 Å². The maximum absolute atomic E-state index is 13.0. The number of sulfonamides is 1. The highest BCUT2D eigenvalue weighted by molar-refractivity contribution is 7.89. The predicted octanol–water partition coefficient (Wildman–Crippen LogP) is 3.69. The number of rotatable bonds is 3. The highest BCUT2D eigenvalue weighted by Crippen LogP contribution is 2.26. The second kappa shape index (κ2) is 8.33. The van der Waals surface area contributed by atoms with Gasteiger partial charge in [0.25, 0.3) is 5.91 Å². The number of thiazole rings is 1. The number of hydrogen-bond donors (Lipinski definition) is 0. The molecule has 0 aliphatic carbocycles. The van der Waals surface area contributed by atoms with Crippen LogP contribution in [-0.4, -0.2) is 36.3 Å². The van der Waals surface area contributed by atoms with E-state index < -0.39 is 15.9 Å². The number of hydrogen-bond acceptors (Lipinski definition) is 4. The Hall–Kier alpha value is -2.29. The van der Waals surface area contributed by atoms with Gasteiger partial charge in [-0.1, -0.05) is 35.1 Å². The van der Waals surface area contributed by atoms with Crippen molar-refractivity contribution in [1.82, 2.24) is 8.87 Å². The zero-order valence-electron chi connectivity index (χ0n) is 18.3. The minimum absolute atomic E-state index is 0.172. The Bertz CT molecular complexity index is 1320. The summed E-state index contributed by atoms with van der Waals surface area (Å²) in [5.74, 6) is -0.678. The number of aromatic nitrogens is 1. The summed E-state index contributed by atoms with van der Waals surface area (Å²) < 4.78 is 30.6. The first kappa shape index (κ1) is 21.9. The standard InChI is InChI=1S/C23H27N3O3S2/c1-15-7-9-19(10-8-15)31(28,29)26-11-5-6-18(14-26)22(27)24-23-25(4)21-17(3)12-16(2)13-20(21)30-23/h7-10,12-13,18H,5-6,11,14H2,1-4H3. The molecule has 1 aliphatic rings. The van der Waals surface area contributed by atoms with E-state index >= 15 is 0 Å². The van der Waals surface area contributed by atoms with Crippen LogP contribution in [0.5, 0.6) is 0 Å². The number of carbonyl (C=O) groups is 1. The van der Waals surface area contributed by atoms with Gasteiger partial charge in [-0.25, -0.2) is 8.42 Å². The molecule has 1 aliphatic heterocycles. The maximum Gasteiger partial charge on any atom is 0.252 e. The molecule has 0 saturated carbocycles. The summed E-state index contributed by atoms with van der Waals surface area (Å²) in [4.78, 5) is 18.3. The quantitative estimate of drug-likeness (QED) is 0.602. The van der Waals surface area contributed by atoms with Gasteiger partial charge < -0.3 is 4.57 Å². The van der Waals surface area contributed by atoms with Crippen molar-refractivity contribution >= 4 is 37.5 Å². The summed E-state index contributed by atoms with van der Waals surface area (Å²) in [5.41, 5.74) is 4.41. The van der Waals surface area contributed by atoms with Gasteiger partial charge in [-0.15, -0.1) is 0 Å². The van der Waals surface area contributed by atoms with Crippen LogP contribution in [0.1, 0.15) is 29.5 Å². The second-order valence-corrected chi connectivity index (χ2v) is 11.3. The van der Waals surface area contributed by atoms with Crippen molar-refractivity contribution in [2.24, 2.45) is 18.0 Å². The summed E-state index contributed by atoms with van der Waals surface area (Å²) in [6, 6.07) is 11.1. The van der Waals surface area contributed by atoms with Gasteiger partial charge in [-0.2, -0.15) is 9.30 Å². The van der Waals surface area contributed by atoms with Gasteiger partial charge in [0.2, 0.25) is 10.0 Å². The fourth-order valence-corrected chi connectivity index (χ4v) is 6.92. The van der Waals surface area contributed by atoms with E-state index in [1.54, 1.807) is 24.3 Å². The number of amides is 1. The molecule has 0 N–H and O–H groups in total. The van der Waals surface area contributed by atoms with E-state index in [9.17, 15) is 13.2 Å². The van der Waals surface area contributed by atoms with E-state index in [2.05, 4.69) is 31.0 Å². The van der Waals surface area contributed by atoms with Gasteiger partial charge in [-0.05, 0) is 62.9 Å². The zero-order valence-corrected chi connectivity index (χ0v) is 19.9. The summed E-state index contributed by atoms with van der Waals surface area (Å²) in [7, 11) is -1.70. The molecule has 1 amide bonds. The molecule has 0 spiro atoms. The van der Waals surface area contributed by atoms with Crippen molar-refractivity contribution in [2.75, 3.05) is 13.1 Å². The third-order valence-electron chi connectivity index (χ3n) is 5.83. The Labute approximate surface area is 186 Å². The molecule has 1 aromatic heterocycles. The monoisotopic (exact) mass is 457 g/mol. The first-order chi connectivity index (χ1) is 14.7. The maximum atomic E-state index is 13.0. The number of nitrogens with zero attached hydrogens (tertiary/aromatic N) is 3. The molecular weight excluding hydrogens is 430 g/mol. The van der Waals surface area contributed by atoms with Crippen LogP contribution in [0, 0.1) is 26.7 Å². The SMILES string of the molecule is Cc1ccc(S(=O)(=O)N2CCCC(C(=O)N=c3sc4cc(C)cc(C)c4n3C)C2)cc1. The van der Waals surface area contributed by atoms with Gasteiger partial charge in [-0.3, -0.25) is 4.79 Å². The van der Waals surface area contributed by atoms with Gasteiger partial charge in [0, 0.05) is 20.1 Å². The molecule has 2 heterocycles. The molecule has 1 saturated heterocycles. The van der Waals surface area contributed by atoms with Crippen molar-refractivity contribution in [3.8, 4) is 0 Å². The predicted molar refractivity (Wildman–Crippen MR) is 124 cm³/mol. The van der Waals surface area contributed by atoms with Gasteiger partial charge in [0.15, 0.2) is 4.80 Å². The molecule has 164 valence electrons. The topological polar surface area (TPSA) is 71.7 Å². The van der Waals surface area contributed by atoms with E-state index in [0.29, 0.717) is 24.2 Å². The van der Waals surface area contributed by atoms with E-state index in [-0.39, 0.29) is 17.3 Å². The summed E-state index contributed by atoms with van der Waals surface area (Å²) in [6.07, 6.45) is 1.29. The second-order valence-electron chi connectivity index (χ2n) is 8.34. The lowest BCUT2D eigenvalue weighted by atomic mass is 9.99. The summed E-state index contributed by atoms with van der Waals surface area (Å²) in [5, 5.41) is 0.